The van der Waals surface area contributed by atoms with E-state index in [4.69, 9.17) is 14.6 Å². The summed E-state index contributed by atoms with van der Waals surface area (Å²) in [5, 5.41) is 13.9. The Morgan fingerprint density at radius 3 is 2.71 bits per heavy atom. The second kappa shape index (κ2) is 8.93. The van der Waals surface area contributed by atoms with Crippen molar-refractivity contribution in [3.63, 3.8) is 0 Å². The predicted octanol–water partition coefficient (Wildman–Crippen LogP) is 1.44. The van der Waals surface area contributed by atoms with E-state index in [2.05, 4.69) is 10.6 Å². The monoisotopic (exact) mass is 296 g/mol. The van der Waals surface area contributed by atoms with E-state index >= 15 is 0 Å². The first kappa shape index (κ1) is 16.9. The first-order valence-corrected chi connectivity index (χ1v) is 6.42. The summed E-state index contributed by atoms with van der Waals surface area (Å²) in [4.78, 5) is 22.3. The standard InChI is InChI=1S/C14H20N2O5/c1-20-9-10-4-3-5-11(6-10)16-14(19)15-8-12(21-2)7-13(17)18/h3-6,12H,7-9H2,1-2H3,(H,17,18)(H2,15,16,19). The molecular formula is C14H20N2O5. The van der Waals surface area contributed by atoms with Gasteiger partial charge in [0, 0.05) is 26.5 Å². The van der Waals surface area contributed by atoms with Crippen LogP contribution >= 0.6 is 0 Å². The number of benzene rings is 1. The van der Waals surface area contributed by atoms with E-state index in [9.17, 15) is 9.59 Å². The molecule has 0 aliphatic heterocycles. The fourth-order valence-corrected chi connectivity index (χ4v) is 1.72. The Bertz CT molecular complexity index is 478. The normalized spacial score (nSPS) is 11.7. The van der Waals surface area contributed by atoms with Crippen LogP contribution in [0.4, 0.5) is 10.5 Å². The number of nitrogens with one attached hydrogen (secondary N) is 2. The van der Waals surface area contributed by atoms with Crippen molar-refractivity contribution < 1.29 is 24.2 Å². The first-order chi connectivity index (χ1) is 10.0. The molecule has 0 aliphatic carbocycles. The molecule has 2 amide bonds. The third kappa shape index (κ3) is 6.73. The molecule has 1 unspecified atom stereocenters. The largest absolute Gasteiger partial charge is 0.481 e. The molecule has 7 nitrogen and oxygen atoms in total. The molecule has 0 saturated heterocycles. The van der Waals surface area contributed by atoms with E-state index in [1.54, 1.807) is 19.2 Å². The van der Waals surface area contributed by atoms with Gasteiger partial charge in [0.2, 0.25) is 0 Å². The summed E-state index contributed by atoms with van der Waals surface area (Å²) in [7, 11) is 3.00. The predicted molar refractivity (Wildman–Crippen MR) is 77.2 cm³/mol. The lowest BCUT2D eigenvalue weighted by Gasteiger charge is -2.14. The highest BCUT2D eigenvalue weighted by molar-refractivity contribution is 5.89. The number of amides is 2. The molecule has 0 bridgehead atoms. The number of carboxylic acids is 1. The van der Waals surface area contributed by atoms with Gasteiger partial charge in [-0.15, -0.1) is 0 Å². The minimum atomic E-state index is -0.976. The van der Waals surface area contributed by atoms with Crippen molar-refractivity contribution in [2.45, 2.75) is 19.1 Å². The first-order valence-electron chi connectivity index (χ1n) is 6.42. The van der Waals surface area contributed by atoms with Gasteiger partial charge in [0.15, 0.2) is 0 Å². The summed E-state index contributed by atoms with van der Waals surface area (Å²) in [5.74, 6) is -0.976. The Kier molecular flexibility index (Phi) is 7.20. The molecule has 0 aliphatic rings. The van der Waals surface area contributed by atoms with Gasteiger partial charge in [-0.05, 0) is 17.7 Å². The molecule has 1 rings (SSSR count). The Labute approximate surface area is 123 Å². The number of hydrogen-bond acceptors (Lipinski definition) is 4. The van der Waals surface area contributed by atoms with Gasteiger partial charge in [-0.25, -0.2) is 4.79 Å². The van der Waals surface area contributed by atoms with Crippen molar-refractivity contribution in [3.05, 3.63) is 29.8 Å². The lowest BCUT2D eigenvalue weighted by Crippen LogP contribution is -2.37. The van der Waals surface area contributed by atoms with E-state index in [1.807, 2.05) is 12.1 Å². The summed E-state index contributed by atoms with van der Waals surface area (Å²) in [6.07, 6.45) is -0.729. The summed E-state index contributed by atoms with van der Waals surface area (Å²) in [6, 6.07) is 6.84. The maximum Gasteiger partial charge on any atom is 0.319 e. The van der Waals surface area contributed by atoms with Gasteiger partial charge in [-0.2, -0.15) is 0 Å². The third-order valence-corrected chi connectivity index (χ3v) is 2.72. The molecule has 3 N–H and O–H groups in total. The molecule has 0 aromatic heterocycles. The zero-order valence-corrected chi connectivity index (χ0v) is 12.1. The second-order valence-electron chi connectivity index (χ2n) is 4.42. The third-order valence-electron chi connectivity index (χ3n) is 2.72. The molecule has 1 aromatic carbocycles. The van der Waals surface area contributed by atoms with Crippen molar-refractivity contribution in [2.75, 3.05) is 26.1 Å². The second-order valence-corrected chi connectivity index (χ2v) is 4.42. The lowest BCUT2D eigenvalue weighted by molar-refractivity contribution is -0.139. The van der Waals surface area contributed by atoms with Gasteiger partial charge in [0.25, 0.3) is 0 Å². The number of aliphatic carboxylic acids is 1. The van der Waals surface area contributed by atoms with E-state index in [-0.39, 0.29) is 13.0 Å². The molecule has 1 aromatic rings. The van der Waals surface area contributed by atoms with Crippen LogP contribution in [-0.2, 0) is 20.9 Å². The van der Waals surface area contributed by atoms with Crippen LogP contribution in [0, 0.1) is 0 Å². The Balaban J connectivity index is 2.46. The highest BCUT2D eigenvalue weighted by atomic mass is 16.5. The number of ether oxygens (including phenoxy) is 2. The number of carbonyl (C=O) groups is 2. The summed E-state index contributed by atoms with van der Waals surface area (Å²) in [6.45, 7) is 0.577. The van der Waals surface area contributed by atoms with Gasteiger partial charge in [-0.1, -0.05) is 12.1 Å². The van der Waals surface area contributed by atoms with Crippen LogP contribution in [0.2, 0.25) is 0 Å². The number of urea groups is 1. The van der Waals surface area contributed by atoms with E-state index in [0.717, 1.165) is 5.56 Å². The van der Waals surface area contributed by atoms with Gasteiger partial charge in [0.1, 0.15) is 0 Å². The van der Waals surface area contributed by atoms with E-state index in [0.29, 0.717) is 12.3 Å². The molecule has 116 valence electrons. The molecule has 1 atom stereocenters. The summed E-state index contributed by atoms with van der Waals surface area (Å²) < 4.78 is 9.99. The average molecular weight is 296 g/mol. The van der Waals surface area contributed by atoms with E-state index < -0.39 is 18.1 Å². The van der Waals surface area contributed by atoms with Crippen LogP contribution in [0.3, 0.4) is 0 Å². The lowest BCUT2D eigenvalue weighted by atomic mass is 10.2. The van der Waals surface area contributed by atoms with Crippen molar-refractivity contribution in [1.82, 2.24) is 5.32 Å². The number of carbonyl (C=O) groups excluding carboxylic acids is 1. The van der Waals surface area contributed by atoms with Crippen molar-refractivity contribution in [1.29, 1.82) is 0 Å². The van der Waals surface area contributed by atoms with Crippen molar-refractivity contribution >= 4 is 17.7 Å². The average Bonchev–Trinajstić information content (AvgIpc) is 2.44. The Morgan fingerprint density at radius 2 is 2.10 bits per heavy atom. The highest BCUT2D eigenvalue weighted by Gasteiger charge is 2.13. The molecule has 0 saturated carbocycles. The van der Waals surface area contributed by atoms with Crippen LogP contribution < -0.4 is 10.6 Å². The molecule has 0 heterocycles. The van der Waals surface area contributed by atoms with E-state index in [1.165, 1.54) is 7.11 Å². The van der Waals surface area contributed by atoms with Gasteiger partial charge >= 0.3 is 12.0 Å². The molecule has 21 heavy (non-hydrogen) atoms. The van der Waals surface area contributed by atoms with Gasteiger partial charge in [0.05, 0.1) is 19.1 Å². The minimum absolute atomic E-state index is 0.117. The van der Waals surface area contributed by atoms with Crippen molar-refractivity contribution in [2.24, 2.45) is 0 Å². The molecule has 7 heteroatoms. The highest BCUT2D eigenvalue weighted by Crippen LogP contribution is 2.11. The van der Waals surface area contributed by atoms with Crippen molar-refractivity contribution in [3.8, 4) is 0 Å². The number of anilines is 1. The number of carboxylic acid groups (broad SMARTS) is 1. The zero-order chi connectivity index (χ0) is 15.7. The quantitative estimate of drug-likeness (QED) is 0.674. The van der Waals surface area contributed by atoms with Crippen LogP contribution in [0.25, 0.3) is 0 Å². The number of hydrogen-bond donors (Lipinski definition) is 3. The number of rotatable bonds is 8. The topological polar surface area (TPSA) is 96.9 Å². The Hall–Kier alpha value is -2.12. The van der Waals surface area contributed by atoms with Crippen LogP contribution in [0.1, 0.15) is 12.0 Å². The fourth-order valence-electron chi connectivity index (χ4n) is 1.72. The summed E-state index contributed by atoms with van der Waals surface area (Å²) in [5.41, 5.74) is 1.57. The Morgan fingerprint density at radius 1 is 1.33 bits per heavy atom. The molecule has 0 fully saturated rings. The maximum atomic E-state index is 11.7. The van der Waals surface area contributed by atoms with Crippen LogP contribution in [-0.4, -0.2) is 44.0 Å². The SMILES string of the molecule is COCc1cccc(NC(=O)NCC(CC(=O)O)OC)c1. The zero-order valence-electron chi connectivity index (χ0n) is 12.1. The molecule has 0 spiro atoms. The maximum absolute atomic E-state index is 11.7. The van der Waals surface area contributed by atoms with Crippen LogP contribution in [0.15, 0.2) is 24.3 Å². The van der Waals surface area contributed by atoms with Gasteiger partial charge in [-0.3, -0.25) is 4.79 Å². The molecular weight excluding hydrogens is 276 g/mol. The van der Waals surface area contributed by atoms with Gasteiger partial charge < -0.3 is 25.2 Å². The smallest absolute Gasteiger partial charge is 0.319 e. The summed E-state index contributed by atoms with van der Waals surface area (Å²) >= 11 is 0. The minimum Gasteiger partial charge on any atom is -0.481 e. The fraction of sp³-hybridized carbons (Fsp3) is 0.429. The van der Waals surface area contributed by atoms with Crippen LogP contribution in [0.5, 0.6) is 0 Å². The molecule has 0 radical (unpaired) electrons. The number of methoxy groups -OCH3 is 2.